The molecule has 0 spiro atoms. The van der Waals surface area contributed by atoms with Crippen molar-refractivity contribution < 1.29 is 4.79 Å². The standard InChI is InChI=1S/C14H18BrN3O/c15-10-7-11(13(16)17-8-10)14(19)18-6-5-9-3-1-2-4-12(9)18/h7-9,12H,1-6H2,(H2,16,17). The minimum atomic E-state index is 0.0423. The average molecular weight is 324 g/mol. The summed E-state index contributed by atoms with van der Waals surface area (Å²) in [7, 11) is 0. The first kappa shape index (κ1) is 12.9. The lowest BCUT2D eigenvalue weighted by atomic mass is 9.85. The van der Waals surface area contributed by atoms with Crippen molar-refractivity contribution in [2.75, 3.05) is 12.3 Å². The van der Waals surface area contributed by atoms with E-state index < -0.39 is 0 Å². The molecule has 2 aliphatic rings. The van der Waals surface area contributed by atoms with E-state index in [2.05, 4.69) is 20.9 Å². The molecule has 0 bridgehead atoms. The van der Waals surface area contributed by atoms with Gasteiger partial charge in [0.2, 0.25) is 0 Å². The number of halogens is 1. The Morgan fingerprint density at radius 2 is 2.16 bits per heavy atom. The number of aromatic nitrogens is 1. The lowest BCUT2D eigenvalue weighted by Gasteiger charge is -2.31. The van der Waals surface area contributed by atoms with Gasteiger partial charge in [-0.05, 0) is 47.2 Å². The number of nitrogens with two attached hydrogens (primary N) is 1. The van der Waals surface area contributed by atoms with Gasteiger partial charge in [-0.3, -0.25) is 4.79 Å². The second-order valence-electron chi connectivity index (χ2n) is 5.49. The van der Waals surface area contributed by atoms with Gasteiger partial charge < -0.3 is 10.6 Å². The molecule has 2 unspecified atom stereocenters. The van der Waals surface area contributed by atoms with Crippen molar-refractivity contribution in [2.24, 2.45) is 5.92 Å². The van der Waals surface area contributed by atoms with Crippen LogP contribution in [0.25, 0.3) is 0 Å². The highest BCUT2D eigenvalue weighted by molar-refractivity contribution is 9.10. The van der Waals surface area contributed by atoms with Crippen LogP contribution in [0.5, 0.6) is 0 Å². The Labute approximate surface area is 121 Å². The smallest absolute Gasteiger partial charge is 0.257 e. The molecule has 2 atom stereocenters. The van der Waals surface area contributed by atoms with Crippen LogP contribution in [0.2, 0.25) is 0 Å². The lowest BCUT2D eigenvalue weighted by molar-refractivity contribution is 0.0691. The molecule has 1 saturated carbocycles. The van der Waals surface area contributed by atoms with Crippen molar-refractivity contribution in [3.05, 3.63) is 22.3 Å². The maximum Gasteiger partial charge on any atom is 0.257 e. The van der Waals surface area contributed by atoms with E-state index in [1.165, 1.54) is 19.3 Å². The third kappa shape index (κ3) is 2.36. The zero-order chi connectivity index (χ0) is 13.4. The van der Waals surface area contributed by atoms with E-state index in [4.69, 9.17) is 5.73 Å². The van der Waals surface area contributed by atoms with Crippen molar-refractivity contribution in [1.82, 2.24) is 9.88 Å². The van der Waals surface area contributed by atoms with Gasteiger partial charge in [0.1, 0.15) is 5.82 Å². The molecule has 1 aromatic rings. The number of anilines is 1. The molecule has 1 aromatic heterocycles. The Bertz CT molecular complexity index is 505. The molecule has 1 amide bonds. The Morgan fingerprint density at radius 3 is 3.00 bits per heavy atom. The summed E-state index contributed by atoms with van der Waals surface area (Å²) >= 11 is 3.35. The maximum absolute atomic E-state index is 12.7. The first-order valence-electron chi connectivity index (χ1n) is 6.89. The maximum atomic E-state index is 12.7. The molecule has 0 radical (unpaired) electrons. The molecule has 4 nitrogen and oxygen atoms in total. The zero-order valence-electron chi connectivity index (χ0n) is 10.8. The predicted molar refractivity (Wildman–Crippen MR) is 77.7 cm³/mol. The number of carbonyl (C=O) groups is 1. The molecular formula is C14H18BrN3O. The van der Waals surface area contributed by atoms with Gasteiger partial charge in [-0.25, -0.2) is 4.98 Å². The summed E-state index contributed by atoms with van der Waals surface area (Å²) in [6, 6.07) is 2.19. The number of pyridine rings is 1. The second-order valence-corrected chi connectivity index (χ2v) is 6.40. The third-order valence-corrected chi connectivity index (χ3v) is 4.82. The summed E-state index contributed by atoms with van der Waals surface area (Å²) in [6.45, 7) is 0.861. The fraction of sp³-hybridized carbons (Fsp3) is 0.571. The average Bonchev–Trinajstić information content (AvgIpc) is 2.84. The molecule has 3 rings (SSSR count). The Morgan fingerprint density at radius 1 is 1.37 bits per heavy atom. The number of amides is 1. The largest absolute Gasteiger partial charge is 0.383 e. The van der Waals surface area contributed by atoms with Gasteiger partial charge in [-0.2, -0.15) is 0 Å². The van der Waals surface area contributed by atoms with Crippen LogP contribution in [0.4, 0.5) is 5.82 Å². The monoisotopic (exact) mass is 323 g/mol. The molecular weight excluding hydrogens is 306 g/mol. The molecule has 1 aliphatic carbocycles. The van der Waals surface area contributed by atoms with Crippen LogP contribution in [0.1, 0.15) is 42.5 Å². The molecule has 2 heterocycles. The second kappa shape index (κ2) is 5.12. The number of nitrogen functional groups attached to an aromatic ring is 1. The van der Waals surface area contributed by atoms with E-state index >= 15 is 0 Å². The highest BCUT2D eigenvalue weighted by Gasteiger charge is 2.38. The van der Waals surface area contributed by atoms with Gasteiger partial charge in [-0.15, -0.1) is 0 Å². The molecule has 2 N–H and O–H groups in total. The van der Waals surface area contributed by atoms with Crippen LogP contribution in [-0.4, -0.2) is 28.4 Å². The van der Waals surface area contributed by atoms with Gasteiger partial charge in [0, 0.05) is 23.3 Å². The van der Waals surface area contributed by atoms with E-state index in [9.17, 15) is 4.79 Å². The molecule has 0 aromatic carbocycles. The van der Waals surface area contributed by atoms with Crippen molar-refractivity contribution in [2.45, 2.75) is 38.1 Å². The van der Waals surface area contributed by atoms with Gasteiger partial charge in [0.15, 0.2) is 0 Å². The highest BCUT2D eigenvalue weighted by atomic mass is 79.9. The number of fused-ring (bicyclic) bond motifs is 1. The van der Waals surface area contributed by atoms with Gasteiger partial charge in [0.05, 0.1) is 5.56 Å². The first-order chi connectivity index (χ1) is 9.16. The number of hydrogen-bond donors (Lipinski definition) is 1. The number of hydrogen-bond acceptors (Lipinski definition) is 3. The highest BCUT2D eigenvalue weighted by Crippen LogP contribution is 2.37. The topological polar surface area (TPSA) is 59.2 Å². The molecule has 19 heavy (non-hydrogen) atoms. The van der Waals surface area contributed by atoms with Crippen LogP contribution >= 0.6 is 15.9 Å². The van der Waals surface area contributed by atoms with E-state index in [-0.39, 0.29) is 5.91 Å². The van der Waals surface area contributed by atoms with Crippen molar-refractivity contribution >= 4 is 27.7 Å². The minimum absolute atomic E-state index is 0.0423. The van der Waals surface area contributed by atoms with Crippen molar-refractivity contribution in [3.63, 3.8) is 0 Å². The van der Waals surface area contributed by atoms with Crippen molar-refractivity contribution in [3.8, 4) is 0 Å². The van der Waals surface area contributed by atoms with E-state index in [1.54, 1.807) is 12.3 Å². The van der Waals surface area contributed by atoms with Crippen LogP contribution in [-0.2, 0) is 0 Å². The number of carbonyl (C=O) groups excluding carboxylic acids is 1. The van der Waals surface area contributed by atoms with Gasteiger partial charge >= 0.3 is 0 Å². The Balaban J connectivity index is 1.85. The Hall–Kier alpha value is -1.10. The van der Waals surface area contributed by atoms with Crippen LogP contribution in [0, 0.1) is 5.92 Å². The SMILES string of the molecule is Nc1ncc(Br)cc1C(=O)N1CCC2CCCCC21. The van der Waals surface area contributed by atoms with Crippen LogP contribution in [0.3, 0.4) is 0 Å². The van der Waals surface area contributed by atoms with Crippen molar-refractivity contribution in [1.29, 1.82) is 0 Å². The number of nitrogens with zero attached hydrogens (tertiary/aromatic N) is 2. The third-order valence-electron chi connectivity index (χ3n) is 4.39. The molecule has 102 valence electrons. The fourth-order valence-corrected chi connectivity index (χ4v) is 3.77. The summed E-state index contributed by atoms with van der Waals surface area (Å²) < 4.78 is 0.796. The van der Waals surface area contributed by atoms with Crippen LogP contribution < -0.4 is 5.73 Å². The summed E-state index contributed by atoms with van der Waals surface area (Å²) in [4.78, 5) is 18.7. The first-order valence-corrected chi connectivity index (χ1v) is 7.68. The Kier molecular flexibility index (Phi) is 3.48. The van der Waals surface area contributed by atoms with E-state index in [1.807, 2.05) is 4.90 Å². The summed E-state index contributed by atoms with van der Waals surface area (Å²) in [6.07, 6.45) is 7.70. The normalized spacial score (nSPS) is 26.3. The minimum Gasteiger partial charge on any atom is -0.383 e. The molecule has 5 heteroatoms. The van der Waals surface area contributed by atoms with E-state index in [0.717, 1.165) is 23.9 Å². The fourth-order valence-electron chi connectivity index (χ4n) is 3.43. The number of likely N-dealkylation sites (tertiary alicyclic amines) is 1. The van der Waals surface area contributed by atoms with Gasteiger partial charge in [-0.1, -0.05) is 12.8 Å². The quantitative estimate of drug-likeness (QED) is 0.864. The predicted octanol–water partition coefficient (Wildman–Crippen LogP) is 2.83. The summed E-state index contributed by atoms with van der Waals surface area (Å²) in [5.41, 5.74) is 6.37. The molecule has 2 fully saturated rings. The zero-order valence-corrected chi connectivity index (χ0v) is 12.4. The van der Waals surface area contributed by atoms with Crippen LogP contribution in [0.15, 0.2) is 16.7 Å². The number of rotatable bonds is 1. The molecule has 1 saturated heterocycles. The summed E-state index contributed by atoms with van der Waals surface area (Å²) in [5, 5.41) is 0. The van der Waals surface area contributed by atoms with E-state index in [0.29, 0.717) is 23.3 Å². The molecule has 1 aliphatic heterocycles. The summed E-state index contributed by atoms with van der Waals surface area (Å²) in [5.74, 6) is 1.06. The van der Waals surface area contributed by atoms with Gasteiger partial charge in [0.25, 0.3) is 5.91 Å². The lowest BCUT2D eigenvalue weighted by Crippen LogP contribution is -2.39.